The van der Waals surface area contributed by atoms with Gasteiger partial charge in [0.05, 0.1) is 43.5 Å². The largest absolute Gasteiger partial charge is 0.438 e. The van der Waals surface area contributed by atoms with E-state index < -0.39 is 32.8 Å². The lowest BCUT2D eigenvalue weighted by Gasteiger charge is -2.35. The first-order valence-electron chi connectivity index (χ1n) is 23.2. The number of H-pyrrole nitrogens is 1. The fraction of sp³-hybridized carbons (Fsp3) is 0.420. The smallest absolute Gasteiger partial charge is 0.376 e. The lowest BCUT2D eigenvalue weighted by molar-refractivity contribution is -0.0592. The summed E-state index contributed by atoms with van der Waals surface area (Å²) in [4.78, 5) is 48.1. The molecule has 0 radical (unpaired) electrons. The van der Waals surface area contributed by atoms with Gasteiger partial charge in [0.1, 0.15) is 22.9 Å². The number of amides is 1. The minimum absolute atomic E-state index is 0.00349. The van der Waals surface area contributed by atoms with Gasteiger partial charge in [-0.25, -0.2) is 27.2 Å². The summed E-state index contributed by atoms with van der Waals surface area (Å²) in [6, 6.07) is 16.2. The summed E-state index contributed by atoms with van der Waals surface area (Å²) in [6.45, 7) is 12.6. The molecule has 1 amide bonds. The lowest BCUT2D eigenvalue weighted by Crippen LogP contribution is -2.41. The first-order valence-corrected chi connectivity index (χ1v) is 25.2. The molecule has 1 unspecified atom stereocenters. The van der Waals surface area contributed by atoms with E-state index in [1.807, 2.05) is 22.5 Å². The summed E-state index contributed by atoms with van der Waals surface area (Å²) in [5.41, 5.74) is 3.95. The molecule has 2 saturated carbocycles. The summed E-state index contributed by atoms with van der Waals surface area (Å²) >= 11 is 6.91. The van der Waals surface area contributed by atoms with E-state index in [4.69, 9.17) is 26.0 Å². The van der Waals surface area contributed by atoms with E-state index in [0.717, 1.165) is 36.6 Å². The van der Waals surface area contributed by atoms with Gasteiger partial charge >= 0.3 is 11.4 Å². The Morgan fingerprint density at radius 3 is 2.37 bits per heavy atom. The molecule has 15 nitrogen and oxygen atoms in total. The van der Waals surface area contributed by atoms with E-state index in [9.17, 15) is 13.8 Å². The van der Waals surface area contributed by atoms with Crippen molar-refractivity contribution in [3.8, 4) is 17.2 Å². The summed E-state index contributed by atoms with van der Waals surface area (Å²) < 4.78 is 51.0. The molecular formula is C50H53ClFN9O6S. The number of benzene rings is 3. The molecule has 6 heterocycles. The highest BCUT2D eigenvalue weighted by Crippen LogP contribution is 2.56. The number of hydrogen-bond donors (Lipinski definition) is 1. The molecule has 3 fully saturated rings. The highest BCUT2D eigenvalue weighted by Gasteiger charge is 2.59. The van der Waals surface area contributed by atoms with Gasteiger partial charge in [-0.1, -0.05) is 29.7 Å². The zero-order chi connectivity index (χ0) is 47.8. The van der Waals surface area contributed by atoms with Crippen molar-refractivity contribution in [2.24, 2.45) is 10.3 Å². The highest BCUT2D eigenvalue weighted by atomic mass is 35.5. The fourth-order valence-corrected chi connectivity index (χ4v) is 13.7. The molecule has 4 aliphatic rings. The first kappa shape index (κ1) is 44.5. The second-order valence-corrected chi connectivity index (χ2v) is 22.8. The zero-order valence-electron chi connectivity index (χ0n) is 39.0. The highest BCUT2D eigenvalue weighted by molar-refractivity contribution is 7.94. The van der Waals surface area contributed by atoms with Crippen molar-refractivity contribution >= 4 is 38.1 Å². The normalized spacial score (nSPS) is 23.1. The van der Waals surface area contributed by atoms with Crippen LogP contribution in [0.1, 0.15) is 116 Å². The Morgan fingerprint density at radius 2 is 1.72 bits per heavy atom. The van der Waals surface area contributed by atoms with Gasteiger partial charge in [0.15, 0.2) is 5.82 Å². The molecule has 1 saturated heterocycles. The third kappa shape index (κ3) is 6.89. The Hall–Kier alpha value is -6.04. The molecule has 18 heteroatoms. The van der Waals surface area contributed by atoms with Gasteiger partial charge in [0.25, 0.3) is 5.91 Å². The van der Waals surface area contributed by atoms with Gasteiger partial charge in [0.2, 0.25) is 0 Å². The Balaban J connectivity index is 1.04. The molecule has 2 aliphatic heterocycles. The third-order valence-corrected chi connectivity index (χ3v) is 18.0. The maximum absolute atomic E-state index is 15.6. The third-order valence-electron chi connectivity index (χ3n) is 14.9. The Kier molecular flexibility index (Phi) is 10.3. The SMILES string of the molecule is CN=S(=O)(c1ccc(-n2ccn(-c3c4c(nn3-c3cc(C)c(F)c(C)c3)CCN(C(=O)c3cc5cc([C@H]6CCOC(C)(C)C6)ccc5n3[C@@]3(c5noc(=O)[nH]5)C[C@@H]3C)[C@H]4C)c2=O)c(Cl)c1)C1CC1. The van der Waals surface area contributed by atoms with E-state index in [-0.39, 0.29) is 39.4 Å². The van der Waals surface area contributed by atoms with Gasteiger partial charge in [-0.2, -0.15) is 5.10 Å². The second-order valence-electron chi connectivity index (χ2n) is 19.8. The van der Waals surface area contributed by atoms with Crippen LogP contribution >= 0.6 is 11.6 Å². The number of hydrogen-bond acceptors (Lipinski definition) is 9. The molecule has 3 aromatic carbocycles. The van der Waals surface area contributed by atoms with E-state index in [1.54, 1.807) is 68.3 Å². The van der Waals surface area contributed by atoms with Crippen LogP contribution in [-0.2, 0) is 26.4 Å². The number of aryl methyl sites for hydroxylation is 2. The van der Waals surface area contributed by atoms with Gasteiger partial charge in [-0.15, -0.1) is 0 Å². The maximum Gasteiger partial charge on any atom is 0.438 e. The lowest BCUT2D eigenvalue weighted by atomic mass is 9.83. The minimum Gasteiger partial charge on any atom is -0.376 e. The van der Waals surface area contributed by atoms with E-state index in [0.29, 0.717) is 82.0 Å². The number of fused-ring (bicyclic) bond motifs is 2. The van der Waals surface area contributed by atoms with E-state index in [1.165, 1.54) is 14.7 Å². The summed E-state index contributed by atoms with van der Waals surface area (Å²) in [6.07, 6.45) is 7.62. The molecule has 11 rings (SSSR count). The van der Waals surface area contributed by atoms with Crippen LogP contribution in [0.15, 0.2) is 90.4 Å². The van der Waals surface area contributed by atoms with Gasteiger partial charge in [-0.05, 0) is 144 Å². The molecule has 0 spiro atoms. The molecule has 4 aromatic heterocycles. The molecular weight excluding hydrogens is 909 g/mol. The summed E-state index contributed by atoms with van der Waals surface area (Å²) in [7, 11) is -1.10. The van der Waals surface area contributed by atoms with Crippen molar-refractivity contribution in [1.82, 2.24) is 38.5 Å². The van der Waals surface area contributed by atoms with Crippen molar-refractivity contribution in [3.05, 3.63) is 138 Å². The van der Waals surface area contributed by atoms with Crippen molar-refractivity contribution in [1.29, 1.82) is 0 Å². The van der Waals surface area contributed by atoms with Crippen LogP contribution in [0.4, 0.5) is 4.39 Å². The summed E-state index contributed by atoms with van der Waals surface area (Å²) in [5, 5.41) is 10.4. The number of rotatable bonds is 9. The van der Waals surface area contributed by atoms with Crippen molar-refractivity contribution in [3.63, 3.8) is 0 Å². The molecule has 2 aliphatic carbocycles. The zero-order valence-corrected chi connectivity index (χ0v) is 40.6. The number of carbonyl (C=O) groups excluding carboxylic acids is 1. The number of nitrogens with one attached hydrogen (secondary N) is 1. The molecule has 354 valence electrons. The van der Waals surface area contributed by atoms with Gasteiger partial charge < -0.3 is 14.2 Å². The average molecular weight is 963 g/mol. The second kappa shape index (κ2) is 15.8. The van der Waals surface area contributed by atoms with Crippen LogP contribution in [-0.4, -0.2) is 79.7 Å². The predicted octanol–water partition coefficient (Wildman–Crippen LogP) is 8.69. The molecule has 7 aromatic rings. The van der Waals surface area contributed by atoms with Crippen molar-refractivity contribution in [2.45, 2.75) is 113 Å². The van der Waals surface area contributed by atoms with Crippen molar-refractivity contribution < 1.29 is 22.7 Å². The first-order chi connectivity index (χ1) is 32.4. The van der Waals surface area contributed by atoms with Gasteiger partial charge in [0, 0.05) is 65.6 Å². The number of aromatic amines is 1. The molecule has 0 bridgehead atoms. The minimum atomic E-state index is -2.66. The van der Waals surface area contributed by atoms with E-state index >= 15 is 9.18 Å². The topological polar surface area (TPSA) is 168 Å². The number of carbonyl (C=O) groups is 1. The van der Waals surface area contributed by atoms with Crippen LogP contribution in [0.2, 0.25) is 5.02 Å². The van der Waals surface area contributed by atoms with Crippen LogP contribution in [0.3, 0.4) is 0 Å². The molecule has 1 N–H and O–H groups in total. The Morgan fingerprint density at radius 1 is 0.985 bits per heavy atom. The van der Waals surface area contributed by atoms with Gasteiger partial charge in [-0.3, -0.25) is 23.4 Å². The Labute approximate surface area is 397 Å². The molecule has 68 heavy (non-hydrogen) atoms. The number of ether oxygens (including phenoxy) is 1. The van der Waals surface area contributed by atoms with Crippen molar-refractivity contribution in [2.75, 3.05) is 20.2 Å². The summed E-state index contributed by atoms with van der Waals surface area (Å²) in [5.74, 6) is -0.231. The monoisotopic (exact) mass is 961 g/mol. The standard InChI is InChI=1S/C50H53ClFN9O6S/c1-27-20-34(21-28(2)43(27)52)61-44(59-18-17-58(48(59)64)40-13-11-36(24-37(40)51)68(65,53-7)35-9-10-35)42-30(4)57(16-14-38(42)55-61)45(62)41-23-33-22-31(32-15-19-66-49(5,6)26-32)8-12-39(33)60(41)50(25-29(50)3)46-54-47(63)67-56-46/h8,11-13,17-18,20-24,29-30,32,35H,9-10,14-16,19,25-26H2,1-7H3,(H,54,56,63)/t29-,30-,32-,50-,68?/m0/s1. The fourth-order valence-electron chi connectivity index (χ4n) is 11.1. The van der Waals surface area contributed by atoms with Crippen LogP contribution in [0, 0.1) is 25.6 Å². The number of aromatic nitrogens is 7. The van der Waals surface area contributed by atoms with Crippen LogP contribution in [0.25, 0.3) is 28.1 Å². The molecule has 5 atom stereocenters. The Bertz CT molecular complexity index is 3470. The number of halogens is 2. The average Bonchev–Trinajstić information content (AvgIpc) is 4.04. The van der Waals surface area contributed by atoms with Crippen LogP contribution in [0.5, 0.6) is 0 Å². The quantitative estimate of drug-likeness (QED) is 0.150. The maximum atomic E-state index is 15.6. The van der Waals surface area contributed by atoms with E-state index in [2.05, 4.69) is 53.5 Å². The number of nitrogens with zero attached hydrogens (tertiary/aromatic N) is 8. The number of imidazole rings is 1. The van der Waals surface area contributed by atoms with Crippen LogP contribution < -0.4 is 11.4 Å². The predicted molar refractivity (Wildman–Crippen MR) is 256 cm³/mol.